The van der Waals surface area contributed by atoms with Crippen molar-refractivity contribution in [1.82, 2.24) is 5.32 Å². The molecule has 0 aromatic heterocycles. The zero-order valence-corrected chi connectivity index (χ0v) is 16.1. The lowest BCUT2D eigenvalue weighted by Gasteiger charge is -2.22. The molecular formula is C20H22ClFN2O3. The second kappa shape index (κ2) is 9.37. The molecule has 2 aromatic carbocycles. The Hall–Kier alpha value is -2.60. The molecule has 0 saturated heterocycles. The van der Waals surface area contributed by atoms with Crippen molar-refractivity contribution >= 4 is 29.1 Å². The first-order valence-corrected chi connectivity index (χ1v) is 8.99. The largest absolute Gasteiger partial charge is 0.494 e. The fraction of sp³-hybridized carbons (Fsp3) is 0.300. The topological polar surface area (TPSA) is 67.4 Å². The molecule has 0 aliphatic rings. The van der Waals surface area contributed by atoms with Crippen molar-refractivity contribution in [3.8, 4) is 5.75 Å². The van der Waals surface area contributed by atoms with E-state index in [1.807, 2.05) is 6.92 Å². The van der Waals surface area contributed by atoms with Crippen molar-refractivity contribution in [1.29, 1.82) is 0 Å². The fourth-order valence-corrected chi connectivity index (χ4v) is 2.59. The molecule has 27 heavy (non-hydrogen) atoms. The van der Waals surface area contributed by atoms with Gasteiger partial charge in [0.25, 0.3) is 5.91 Å². The summed E-state index contributed by atoms with van der Waals surface area (Å²) in [5.74, 6) is -1.09. The number of rotatable bonds is 7. The minimum atomic E-state index is -0.834. The number of amides is 2. The molecule has 0 radical (unpaired) electrons. The van der Waals surface area contributed by atoms with E-state index < -0.39 is 23.7 Å². The summed E-state index contributed by atoms with van der Waals surface area (Å²) in [7, 11) is 0. The van der Waals surface area contributed by atoms with Gasteiger partial charge < -0.3 is 15.4 Å². The summed E-state index contributed by atoms with van der Waals surface area (Å²) in [6.07, 6.45) is 0. The monoisotopic (exact) mass is 392 g/mol. The maximum absolute atomic E-state index is 13.9. The van der Waals surface area contributed by atoms with Gasteiger partial charge in [0, 0.05) is 10.6 Å². The Labute approximate surface area is 162 Å². The van der Waals surface area contributed by atoms with Crippen LogP contribution in [0.25, 0.3) is 0 Å². The van der Waals surface area contributed by atoms with Crippen molar-refractivity contribution in [2.75, 3.05) is 11.9 Å². The Kier molecular flexibility index (Phi) is 7.19. The van der Waals surface area contributed by atoms with Gasteiger partial charge in [0.1, 0.15) is 17.6 Å². The number of nitrogens with one attached hydrogen (secondary N) is 2. The highest BCUT2D eigenvalue weighted by molar-refractivity contribution is 6.30. The van der Waals surface area contributed by atoms with Gasteiger partial charge in [0.05, 0.1) is 12.3 Å². The van der Waals surface area contributed by atoms with E-state index in [4.69, 9.17) is 16.3 Å². The summed E-state index contributed by atoms with van der Waals surface area (Å²) in [6.45, 7) is 5.99. The van der Waals surface area contributed by atoms with Gasteiger partial charge in [-0.2, -0.15) is 0 Å². The summed E-state index contributed by atoms with van der Waals surface area (Å²) < 4.78 is 19.2. The van der Waals surface area contributed by atoms with Gasteiger partial charge >= 0.3 is 0 Å². The van der Waals surface area contributed by atoms with Crippen LogP contribution >= 0.6 is 11.6 Å². The average molecular weight is 393 g/mol. The van der Waals surface area contributed by atoms with Gasteiger partial charge in [-0.05, 0) is 55.3 Å². The van der Waals surface area contributed by atoms with E-state index in [0.29, 0.717) is 17.9 Å². The SMILES string of the molecule is CCOc1ccc(C(=O)NC(C(=O)Nc2ccc(Cl)cc2F)C(C)C)cc1. The number of anilines is 1. The van der Waals surface area contributed by atoms with E-state index in [2.05, 4.69) is 10.6 Å². The minimum absolute atomic E-state index is 0.00497. The summed E-state index contributed by atoms with van der Waals surface area (Å²) >= 11 is 5.72. The van der Waals surface area contributed by atoms with Gasteiger partial charge in [-0.1, -0.05) is 25.4 Å². The van der Waals surface area contributed by atoms with Crippen molar-refractivity contribution in [3.05, 3.63) is 58.9 Å². The zero-order chi connectivity index (χ0) is 20.0. The van der Waals surface area contributed by atoms with Crippen LogP contribution in [0.4, 0.5) is 10.1 Å². The Bertz CT molecular complexity index is 809. The first-order chi connectivity index (χ1) is 12.8. The number of halogens is 2. The third kappa shape index (κ3) is 5.69. The Balaban J connectivity index is 2.09. The van der Waals surface area contributed by atoms with Crippen LogP contribution in [-0.4, -0.2) is 24.5 Å². The van der Waals surface area contributed by atoms with E-state index >= 15 is 0 Å². The van der Waals surface area contributed by atoms with Crippen LogP contribution < -0.4 is 15.4 Å². The molecule has 2 amide bonds. The Morgan fingerprint density at radius 2 is 1.81 bits per heavy atom. The molecule has 1 atom stereocenters. The van der Waals surface area contributed by atoms with Crippen LogP contribution in [0, 0.1) is 11.7 Å². The Morgan fingerprint density at radius 3 is 2.37 bits per heavy atom. The number of ether oxygens (including phenoxy) is 1. The number of hydrogen-bond acceptors (Lipinski definition) is 3. The first kappa shape index (κ1) is 20.7. The van der Waals surface area contributed by atoms with Crippen molar-refractivity contribution in [2.45, 2.75) is 26.8 Å². The lowest BCUT2D eigenvalue weighted by molar-refractivity contribution is -0.118. The highest BCUT2D eigenvalue weighted by Crippen LogP contribution is 2.20. The second-order valence-corrected chi connectivity index (χ2v) is 6.70. The number of carbonyl (C=O) groups is 2. The van der Waals surface area contributed by atoms with Gasteiger partial charge in [0.2, 0.25) is 5.91 Å². The molecule has 0 heterocycles. The molecule has 0 saturated carbocycles. The van der Waals surface area contributed by atoms with Crippen LogP contribution in [-0.2, 0) is 4.79 Å². The normalized spacial score (nSPS) is 11.8. The highest BCUT2D eigenvalue weighted by Gasteiger charge is 2.25. The zero-order valence-electron chi connectivity index (χ0n) is 15.4. The van der Waals surface area contributed by atoms with Gasteiger partial charge in [-0.3, -0.25) is 9.59 Å². The highest BCUT2D eigenvalue weighted by atomic mass is 35.5. The summed E-state index contributed by atoms with van der Waals surface area (Å²) in [4.78, 5) is 25.0. The van der Waals surface area contributed by atoms with Crippen LogP contribution in [0.2, 0.25) is 5.02 Å². The van der Waals surface area contributed by atoms with Gasteiger partial charge in [-0.25, -0.2) is 4.39 Å². The van der Waals surface area contributed by atoms with E-state index in [1.54, 1.807) is 38.1 Å². The lowest BCUT2D eigenvalue weighted by Crippen LogP contribution is -2.47. The van der Waals surface area contributed by atoms with Crippen molar-refractivity contribution < 1.29 is 18.7 Å². The standard InChI is InChI=1S/C20H22ClFN2O3/c1-4-27-15-8-5-13(6-9-15)19(25)24-18(12(2)3)20(26)23-17-10-7-14(21)11-16(17)22/h5-12,18H,4H2,1-3H3,(H,23,26)(H,24,25). The van der Waals surface area contributed by atoms with Crippen molar-refractivity contribution in [3.63, 3.8) is 0 Å². The molecule has 7 heteroatoms. The fourth-order valence-electron chi connectivity index (χ4n) is 2.43. The average Bonchev–Trinajstić information content (AvgIpc) is 2.62. The van der Waals surface area contributed by atoms with Crippen molar-refractivity contribution in [2.24, 2.45) is 5.92 Å². The molecule has 0 fully saturated rings. The molecule has 144 valence electrons. The van der Waals surface area contributed by atoms with Gasteiger partial charge in [-0.15, -0.1) is 0 Å². The van der Waals surface area contributed by atoms with Crippen LogP contribution in [0.3, 0.4) is 0 Å². The molecular weight excluding hydrogens is 371 g/mol. The quantitative estimate of drug-likeness (QED) is 0.739. The Morgan fingerprint density at radius 1 is 1.15 bits per heavy atom. The molecule has 2 aromatic rings. The molecule has 2 N–H and O–H groups in total. The smallest absolute Gasteiger partial charge is 0.251 e. The minimum Gasteiger partial charge on any atom is -0.494 e. The third-order valence-electron chi connectivity index (χ3n) is 3.85. The van der Waals surface area contributed by atoms with Crippen LogP contribution in [0.15, 0.2) is 42.5 Å². The van der Waals surface area contributed by atoms with E-state index in [1.165, 1.54) is 12.1 Å². The molecule has 1 unspecified atom stereocenters. The molecule has 0 aliphatic heterocycles. The number of hydrogen-bond donors (Lipinski definition) is 2. The van der Waals surface area contributed by atoms with Crippen LogP contribution in [0.5, 0.6) is 5.75 Å². The first-order valence-electron chi connectivity index (χ1n) is 8.61. The molecule has 0 spiro atoms. The van der Waals surface area contributed by atoms with E-state index in [9.17, 15) is 14.0 Å². The second-order valence-electron chi connectivity index (χ2n) is 6.27. The van der Waals surface area contributed by atoms with Gasteiger partial charge in [0.15, 0.2) is 0 Å². The van der Waals surface area contributed by atoms with Crippen LogP contribution in [0.1, 0.15) is 31.1 Å². The number of benzene rings is 2. The summed E-state index contributed by atoms with van der Waals surface area (Å²) in [6, 6.07) is 9.74. The summed E-state index contributed by atoms with van der Waals surface area (Å²) in [5.41, 5.74) is 0.403. The maximum atomic E-state index is 13.9. The molecule has 5 nitrogen and oxygen atoms in total. The molecule has 0 aliphatic carbocycles. The summed E-state index contributed by atoms with van der Waals surface area (Å²) in [5, 5.41) is 5.42. The predicted molar refractivity (Wildman–Crippen MR) is 104 cm³/mol. The number of carbonyl (C=O) groups excluding carboxylic acids is 2. The molecule has 2 rings (SSSR count). The maximum Gasteiger partial charge on any atom is 0.251 e. The lowest BCUT2D eigenvalue weighted by atomic mass is 10.0. The molecule has 0 bridgehead atoms. The van der Waals surface area contributed by atoms with E-state index in [0.717, 1.165) is 6.07 Å². The predicted octanol–water partition coefficient (Wildman–Crippen LogP) is 4.27. The third-order valence-corrected chi connectivity index (χ3v) is 4.09. The van der Waals surface area contributed by atoms with E-state index in [-0.39, 0.29) is 16.6 Å².